The molecule has 0 aliphatic carbocycles. The van der Waals surface area contributed by atoms with Crippen LogP contribution in [0.5, 0.6) is 0 Å². The van der Waals surface area contributed by atoms with E-state index in [4.69, 9.17) is 25.3 Å². The molecule has 0 saturated carbocycles. The van der Waals surface area contributed by atoms with E-state index < -0.39 is 16.2 Å². The van der Waals surface area contributed by atoms with Crippen molar-refractivity contribution < 1.29 is 22.1 Å². The maximum atomic E-state index is 11.2. The van der Waals surface area contributed by atoms with Crippen molar-refractivity contribution in [1.82, 2.24) is 0 Å². The van der Waals surface area contributed by atoms with Gasteiger partial charge in [0.15, 0.2) is 6.29 Å². The smallest absolute Gasteiger partial charge is 0.264 e. The first-order valence-corrected chi connectivity index (χ1v) is 9.00. The summed E-state index contributed by atoms with van der Waals surface area (Å²) in [5.41, 5.74) is 0.764. The summed E-state index contributed by atoms with van der Waals surface area (Å²) in [6, 6.07) is 7.10. The van der Waals surface area contributed by atoms with Crippen molar-refractivity contribution in [3.63, 3.8) is 0 Å². The molecule has 2 atom stereocenters. The summed E-state index contributed by atoms with van der Waals surface area (Å²) < 4.78 is 38.6. The van der Waals surface area contributed by atoms with Gasteiger partial charge in [-0.25, -0.2) is 0 Å². The van der Waals surface area contributed by atoms with Crippen molar-refractivity contribution in [2.24, 2.45) is 0 Å². The van der Waals surface area contributed by atoms with Crippen molar-refractivity contribution in [2.45, 2.75) is 31.7 Å². The molecule has 5 nitrogen and oxygen atoms in total. The molecule has 0 spiro atoms. The van der Waals surface area contributed by atoms with Crippen LogP contribution in [0.1, 0.15) is 30.9 Å². The van der Waals surface area contributed by atoms with Gasteiger partial charge in [-0.15, -0.1) is 0 Å². The number of halogens is 1. The summed E-state index contributed by atoms with van der Waals surface area (Å²) in [7, 11) is -3.53. The van der Waals surface area contributed by atoms with E-state index >= 15 is 0 Å². The zero-order valence-corrected chi connectivity index (χ0v) is 13.4. The van der Waals surface area contributed by atoms with Crippen LogP contribution >= 0.6 is 11.6 Å². The quantitative estimate of drug-likeness (QED) is 0.748. The topological polar surface area (TPSA) is 61.8 Å². The van der Waals surface area contributed by atoms with Gasteiger partial charge in [-0.05, 0) is 37.0 Å². The molecule has 1 saturated heterocycles. The molecule has 1 fully saturated rings. The lowest BCUT2D eigenvalue weighted by atomic mass is 10.1. The Kier molecular flexibility index (Phi) is 6.01. The average molecular weight is 335 g/mol. The molecule has 1 aromatic rings. The van der Waals surface area contributed by atoms with E-state index in [9.17, 15) is 8.42 Å². The highest BCUT2D eigenvalue weighted by Gasteiger charge is 2.23. The summed E-state index contributed by atoms with van der Waals surface area (Å²) >= 11 is 5.98. The van der Waals surface area contributed by atoms with Gasteiger partial charge in [0.25, 0.3) is 10.1 Å². The lowest BCUT2D eigenvalue weighted by Crippen LogP contribution is -2.27. The zero-order valence-electron chi connectivity index (χ0n) is 11.8. The Labute approximate surface area is 130 Å². The molecule has 118 valence electrons. The van der Waals surface area contributed by atoms with Gasteiger partial charge in [-0.1, -0.05) is 23.7 Å². The second-order valence-corrected chi connectivity index (χ2v) is 7.04. The van der Waals surface area contributed by atoms with Crippen LogP contribution in [0, 0.1) is 0 Å². The Hall–Kier alpha value is -0.660. The minimum absolute atomic E-state index is 0.0982. The number of ether oxygens (including phenoxy) is 2. The summed E-state index contributed by atoms with van der Waals surface area (Å²) in [6.07, 6.45) is 2.96. The number of rotatable bonds is 6. The molecule has 0 amide bonds. The second kappa shape index (κ2) is 7.56. The second-order valence-electron chi connectivity index (χ2n) is 4.96. The molecule has 1 aliphatic rings. The number of hydrogen-bond acceptors (Lipinski definition) is 5. The summed E-state index contributed by atoms with van der Waals surface area (Å²) in [6.45, 7) is 0.554. The van der Waals surface area contributed by atoms with E-state index in [1.165, 1.54) is 0 Å². The Morgan fingerprint density at radius 3 is 2.86 bits per heavy atom. The largest absolute Gasteiger partial charge is 0.353 e. The molecule has 0 N–H and O–H groups in total. The molecular formula is C14H19ClO5S. The third-order valence-corrected chi connectivity index (χ3v) is 3.91. The van der Waals surface area contributed by atoms with Crippen LogP contribution in [0.3, 0.4) is 0 Å². The van der Waals surface area contributed by atoms with E-state index in [-0.39, 0.29) is 12.9 Å². The van der Waals surface area contributed by atoms with Crippen LogP contribution in [0.2, 0.25) is 5.02 Å². The van der Waals surface area contributed by atoms with Crippen molar-refractivity contribution in [3.05, 3.63) is 34.9 Å². The average Bonchev–Trinajstić information content (AvgIpc) is 2.43. The molecule has 2 rings (SSSR count). The Bertz CT molecular complexity index is 554. The van der Waals surface area contributed by atoms with Crippen LogP contribution in [-0.4, -0.2) is 34.2 Å². The summed E-state index contributed by atoms with van der Waals surface area (Å²) in [5.74, 6) is 0. The minimum Gasteiger partial charge on any atom is -0.353 e. The van der Waals surface area contributed by atoms with Crippen LogP contribution in [-0.2, 0) is 23.8 Å². The molecule has 1 unspecified atom stereocenters. The lowest BCUT2D eigenvalue weighted by Gasteiger charge is -2.27. The molecule has 1 aromatic carbocycles. The van der Waals surface area contributed by atoms with Gasteiger partial charge in [-0.3, -0.25) is 4.18 Å². The lowest BCUT2D eigenvalue weighted by molar-refractivity contribution is -0.195. The first-order valence-electron chi connectivity index (χ1n) is 6.81. The molecule has 1 heterocycles. The van der Waals surface area contributed by atoms with E-state index in [0.29, 0.717) is 11.6 Å². The highest BCUT2D eigenvalue weighted by Crippen LogP contribution is 2.26. The van der Waals surface area contributed by atoms with Crippen LogP contribution < -0.4 is 0 Å². The third kappa shape index (κ3) is 5.92. The van der Waals surface area contributed by atoms with Gasteiger partial charge in [-0.2, -0.15) is 8.42 Å². The van der Waals surface area contributed by atoms with Gasteiger partial charge in [0.2, 0.25) is 0 Å². The standard InChI is InChI=1S/C14H19ClO5S/c1-21(16,17)19-10-13(11-5-4-6-12(15)9-11)20-14-7-2-3-8-18-14/h4-6,9,13-14H,2-3,7-8,10H2,1H3/t13?,14-/m0/s1. The number of benzene rings is 1. The van der Waals surface area contributed by atoms with E-state index in [2.05, 4.69) is 0 Å². The Morgan fingerprint density at radius 1 is 1.43 bits per heavy atom. The van der Waals surface area contributed by atoms with Gasteiger partial charge >= 0.3 is 0 Å². The summed E-state index contributed by atoms with van der Waals surface area (Å²) in [4.78, 5) is 0. The van der Waals surface area contributed by atoms with E-state index in [0.717, 1.165) is 31.1 Å². The molecule has 1 aliphatic heterocycles. The molecule has 0 bridgehead atoms. The van der Waals surface area contributed by atoms with Crippen molar-refractivity contribution in [2.75, 3.05) is 19.5 Å². The molecule has 21 heavy (non-hydrogen) atoms. The van der Waals surface area contributed by atoms with Crippen LogP contribution in [0.25, 0.3) is 0 Å². The fraction of sp³-hybridized carbons (Fsp3) is 0.571. The highest BCUT2D eigenvalue weighted by atomic mass is 35.5. The predicted molar refractivity (Wildman–Crippen MR) is 79.7 cm³/mol. The van der Waals surface area contributed by atoms with Crippen LogP contribution in [0.4, 0.5) is 0 Å². The first kappa shape index (κ1) is 16.7. The molecule has 0 aromatic heterocycles. The monoisotopic (exact) mass is 334 g/mol. The number of hydrogen-bond donors (Lipinski definition) is 0. The van der Waals surface area contributed by atoms with Gasteiger partial charge < -0.3 is 9.47 Å². The van der Waals surface area contributed by atoms with Gasteiger partial charge in [0.1, 0.15) is 6.10 Å². The van der Waals surface area contributed by atoms with Crippen molar-refractivity contribution in [3.8, 4) is 0 Å². The maximum absolute atomic E-state index is 11.2. The molecule has 0 radical (unpaired) electrons. The van der Waals surface area contributed by atoms with Crippen molar-refractivity contribution >= 4 is 21.7 Å². The van der Waals surface area contributed by atoms with Crippen LogP contribution in [0.15, 0.2) is 24.3 Å². The fourth-order valence-corrected chi connectivity index (χ4v) is 2.68. The van der Waals surface area contributed by atoms with Gasteiger partial charge in [0.05, 0.1) is 12.9 Å². The third-order valence-electron chi connectivity index (χ3n) is 3.11. The normalized spacial score (nSPS) is 21.1. The summed E-state index contributed by atoms with van der Waals surface area (Å²) in [5, 5.41) is 0.560. The first-order chi connectivity index (χ1) is 9.94. The van der Waals surface area contributed by atoms with Gasteiger partial charge in [0, 0.05) is 11.6 Å². The maximum Gasteiger partial charge on any atom is 0.264 e. The molecule has 7 heteroatoms. The van der Waals surface area contributed by atoms with E-state index in [1.807, 2.05) is 6.07 Å². The molecular weight excluding hydrogens is 316 g/mol. The fourth-order valence-electron chi connectivity index (χ4n) is 2.11. The Morgan fingerprint density at radius 2 is 2.24 bits per heavy atom. The zero-order chi connectivity index (χ0) is 15.3. The highest BCUT2D eigenvalue weighted by molar-refractivity contribution is 7.85. The Balaban J connectivity index is 2.09. The van der Waals surface area contributed by atoms with E-state index in [1.54, 1.807) is 18.2 Å². The SMILES string of the molecule is CS(=O)(=O)OCC(O[C@H]1CCCCO1)c1cccc(Cl)c1. The minimum atomic E-state index is -3.53. The van der Waals surface area contributed by atoms with Crippen molar-refractivity contribution in [1.29, 1.82) is 0 Å². The predicted octanol–water partition coefficient (Wildman–Crippen LogP) is 2.90.